The van der Waals surface area contributed by atoms with Gasteiger partial charge in [-0.25, -0.2) is 4.98 Å². The maximum absolute atomic E-state index is 8.57. The third-order valence-corrected chi connectivity index (χ3v) is 1.98. The van der Waals surface area contributed by atoms with Crippen LogP contribution in [-0.4, -0.2) is 10.7 Å². The van der Waals surface area contributed by atoms with Crippen LogP contribution in [0.25, 0.3) is 0 Å². The van der Waals surface area contributed by atoms with Crippen molar-refractivity contribution >= 4 is 52.1 Å². The number of carbonyl (C=O) groups excluding carboxylic acids is 1. The number of rotatable bonds is 0. The lowest BCUT2D eigenvalue weighted by Gasteiger charge is -1.93. The van der Waals surface area contributed by atoms with Gasteiger partial charge in [-0.05, 0) is 17.7 Å². The lowest BCUT2D eigenvalue weighted by Crippen LogP contribution is -1.74. The summed E-state index contributed by atoms with van der Waals surface area (Å²) in [4.78, 5) is 12.3. The summed E-state index contributed by atoms with van der Waals surface area (Å²) >= 11 is 20.9. The van der Waals surface area contributed by atoms with Crippen LogP contribution in [0.5, 0.6) is 0 Å². The standard InChI is InChI=1S/C5H2Cl3N.CHClO/c6-3-1-2-9-5(8)4(3)7;2-1-3/h1-2H;1H. The van der Waals surface area contributed by atoms with Gasteiger partial charge in [0.2, 0.25) is 5.75 Å². The Balaban J connectivity index is 0.000000354. The van der Waals surface area contributed by atoms with Crippen molar-refractivity contribution in [2.75, 3.05) is 0 Å². The zero-order valence-corrected chi connectivity index (χ0v) is 8.62. The number of carbonyl (C=O) groups is 1. The highest BCUT2D eigenvalue weighted by Crippen LogP contribution is 2.26. The molecule has 2 nitrogen and oxygen atoms in total. The first-order valence-electron chi connectivity index (χ1n) is 2.62. The molecule has 1 aromatic heterocycles. The van der Waals surface area contributed by atoms with Crippen LogP contribution >= 0.6 is 46.4 Å². The molecule has 0 bridgehead atoms. The first kappa shape index (κ1) is 12.0. The fraction of sp³-hybridized carbons (Fsp3) is 0. The minimum Gasteiger partial charge on any atom is -0.285 e. The quantitative estimate of drug-likeness (QED) is 0.399. The molecule has 0 amide bonds. The van der Waals surface area contributed by atoms with Crippen molar-refractivity contribution in [3.63, 3.8) is 0 Å². The average molecular weight is 247 g/mol. The number of halogens is 4. The summed E-state index contributed by atoms with van der Waals surface area (Å²) in [6.45, 7) is 0. The fourth-order valence-electron chi connectivity index (χ4n) is 0.397. The molecule has 0 aromatic carbocycles. The Morgan fingerprint density at radius 3 is 2.17 bits per heavy atom. The molecule has 0 fully saturated rings. The Bertz CT molecular complexity index is 245. The molecule has 1 aromatic rings. The molecule has 12 heavy (non-hydrogen) atoms. The molecule has 0 atom stereocenters. The zero-order chi connectivity index (χ0) is 9.56. The molecule has 0 N–H and O–H groups in total. The van der Waals surface area contributed by atoms with E-state index in [-0.39, 0.29) is 10.9 Å². The number of hydrogen-bond donors (Lipinski definition) is 0. The van der Waals surface area contributed by atoms with Crippen molar-refractivity contribution in [3.05, 3.63) is 27.5 Å². The lowest BCUT2D eigenvalue weighted by molar-refractivity contribution is 0.569. The predicted octanol–water partition coefficient (Wildman–Crippen LogP) is 3.46. The van der Waals surface area contributed by atoms with Crippen molar-refractivity contribution in [1.82, 2.24) is 4.98 Å². The van der Waals surface area contributed by atoms with Crippen LogP contribution in [0.3, 0.4) is 0 Å². The van der Waals surface area contributed by atoms with E-state index >= 15 is 0 Å². The third kappa shape index (κ3) is 4.12. The van der Waals surface area contributed by atoms with E-state index in [0.29, 0.717) is 10.0 Å². The van der Waals surface area contributed by atoms with Gasteiger partial charge in [0.1, 0.15) is 5.15 Å². The molecule has 0 unspecified atom stereocenters. The second kappa shape index (κ2) is 6.49. The summed E-state index contributed by atoms with van der Waals surface area (Å²) in [6, 6.07) is 1.58. The molecule has 0 saturated carbocycles. The Hall–Kier alpha value is -0.0200. The number of nitrogens with zero attached hydrogens (tertiary/aromatic N) is 1. The smallest absolute Gasteiger partial charge is 0.208 e. The third-order valence-electron chi connectivity index (χ3n) is 0.800. The summed E-state index contributed by atoms with van der Waals surface area (Å²) in [5, 5.41) is 0.974. The second-order valence-corrected chi connectivity index (χ2v) is 2.81. The molecule has 1 heterocycles. The van der Waals surface area contributed by atoms with E-state index < -0.39 is 0 Å². The van der Waals surface area contributed by atoms with Gasteiger partial charge in [0.25, 0.3) is 0 Å². The first-order valence-corrected chi connectivity index (χ1v) is 4.20. The van der Waals surface area contributed by atoms with E-state index in [4.69, 9.17) is 39.6 Å². The van der Waals surface area contributed by atoms with E-state index in [1.807, 2.05) is 0 Å². The van der Waals surface area contributed by atoms with Gasteiger partial charge >= 0.3 is 0 Å². The summed E-state index contributed by atoms with van der Waals surface area (Å²) in [6.07, 6.45) is 1.50. The molecule has 6 heteroatoms. The highest BCUT2D eigenvalue weighted by molar-refractivity contribution is 6.54. The number of hydrogen-bond acceptors (Lipinski definition) is 2. The van der Waals surface area contributed by atoms with E-state index in [0.717, 1.165) is 0 Å². The lowest BCUT2D eigenvalue weighted by atomic mass is 10.5. The van der Waals surface area contributed by atoms with Crippen LogP contribution in [0.4, 0.5) is 0 Å². The van der Waals surface area contributed by atoms with Gasteiger partial charge < -0.3 is 0 Å². The monoisotopic (exact) mass is 245 g/mol. The second-order valence-electron chi connectivity index (χ2n) is 1.49. The Kier molecular flexibility index (Phi) is 6.48. The fourth-order valence-corrected chi connectivity index (χ4v) is 0.861. The minimum atomic E-state index is 0.222. The maximum Gasteiger partial charge on any atom is 0.208 e. The number of pyridine rings is 1. The van der Waals surface area contributed by atoms with Gasteiger partial charge in [0, 0.05) is 6.20 Å². The molecule has 0 radical (unpaired) electrons. The molecule has 1 rings (SSSR count). The molecule has 0 spiro atoms. The summed E-state index contributed by atoms with van der Waals surface area (Å²) in [5.74, 6) is 0.222. The SMILES string of the molecule is Clc1ccnc(Cl)c1Cl.O=CCl. The van der Waals surface area contributed by atoms with Crippen molar-refractivity contribution in [2.24, 2.45) is 0 Å². The van der Waals surface area contributed by atoms with E-state index in [2.05, 4.69) is 16.6 Å². The summed E-state index contributed by atoms with van der Waals surface area (Å²) in [5.41, 5.74) is 0. The molecule has 0 aliphatic heterocycles. The van der Waals surface area contributed by atoms with Crippen LogP contribution in [0.15, 0.2) is 12.3 Å². The summed E-state index contributed by atoms with van der Waals surface area (Å²) < 4.78 is 0. The Morgan fingerprint density at radius 2 is 1.83 bits per heavy atom. The van der Waals surface area contributed by atoms with E-state index in [1.165, 1.54) is 6.20 Å². The van der Waals surface area contributed by atoms with Gasteiger partial charge in [0.05, 0.1) is 10.0 Å². The van der Waals surface area contributed by atoms with Crippen LogP contribution in [-0.2, 0) is 4.79 Å². The zero-order valence-electron chi connectivity index (χ0n) is 5.60. The van der Waals surface area contributed by atoms with E-state index in [1.54, 1.807) is 6.07 Å². The highest BCUT2D eigenvalue weighted by atomic mass is 35.5. The van der Waals surface area contributed by atoms with Crippen LogP contribution in [0, 0.1) is 0 Å². The summed E-state index contributed by atoms with van der Waals surface area (Å²) in [7, 11) is 0. The van der Waals surface area contributed by atoms with Gasteiger partial charge in [-0.15, -0.1) is 0 Å². The van der Waals surface area contributed by atoms with Gasteiger partial charge in [0.15, 0.2) is 0 Å². The first-order chi connectivity index (χ1) is 5.63. The van der Waals surface area contributed by atoms with Crippen molar-refractivity contribution in [2.45, 2.75) is 0 Å². The minimum absolute atomic E-state index is 0.222. The Labute approximate surface area is 89.4 Å². The van der Waals surface area contributed by atoms with Gasteiger partial charge in [-0.2, -0.15) is 0 Å². The molecule has 0 saturated heterocycles. The van der Waals surface area contributed by atoms with E-state index in [9.17, 15) is 0 Å². The Morgan fingerprint density at radius 1 is 1.33 bits per heavy atom. The van der Waals surface area contributed by atoms with Gasteiger partial charge in [-0.1, -0.05) is 34.8 Å². The van der Waals surface area contributed by atoms with Gasteiger partial charge in [-0.3, -0.25) is 4.79 Å². The van der Waals surface area contributed by atoms with Crippen LogP contribution in [0.1, 0.15) is 0 Å². The maximum atomic E-state index is 8.57. The largest absolute Gasteiger partial charge is 0.285 e. The van der Waals surface area contributed by atoms with Crippen molar-refractivity contribution in [3.8, 4) is 0 Å². The molecule has 66 valence electrons. The highest BCUT2D eigenvalue weighted by Gasteiger charge is 2.00. The molecule has 0 aliphatic carbocycles. The van der Waals surface area contributed by atoms with Crippen LogP contribution < -0.4 is 0 Å². The van der Waals surface area contributed by atoms with Crippen LogP contribution in [0.2, 0.25) is 15.2 Å². The molecular formula is C6H3Cl4NO. The topological polar surface area (TPSA) is 30.0 Å². The predicted molar refractivity (Wildman–Crippen MR) is 51.9 cm³/mol. The molecule has 0 aliphatic rings. The molecular weight excluding hydrogens is 244 g/mol. The van der Waals surface area contributed by atoms with Crippen molar-refractivity contribution in [1.29, 1.82) is 0 Å². The van der Waals surface area contributed by atoms with Crippen molar-refractivity contribution < 1.29 is 4.79 Å². The number of aromatic nitrogens is 1. The normalized spacial score (nSPS) is 8.33. The average Bonchev–Trinajstić information content (AvgIpc) is 2.02.